The van der Waals surface area contributed by atoms with Crippen LogP contribution in [0.1, 0.15) is 18.1 Å². The van der Waals surface area contributed by atoms with Gasteiger partial charge >= 0.3 is 0 Å². The van der Waals surface area contributed by atoms with E-state index < -0.39 is 0 Å². The molecule has 0 amide bonds. The lowest BCUT2D eigenvalue weighted by molar-refractivity contribution is 1.04. The molecule has 0 atom stereocenters. The van der Waals surface area contributed by atoms with E-state index in [4.69, 9.17) is 0 Å². The third-order valence-corrected chi connectivity index (χ3v) is 1.50. The van der Waals surface area contributed by atoms with Crippen molar-refractivity contribution in [3.05, 3.63) is 53.0 Å². The van der Waals surface area contributed by atoms with E-state index in [1.807, 2.05) is 38.1 Å². The van der Waals surface area contributed by atoms with Crippen LogP contribution in [0.25, 0.3) is 0 Å². The first-order valence-electron chi connectivity index (χ1n) is 4.17. The summed E-state index contributed by atoms with van der Waals surface area (Å²) in [5, 5.41) is 2.82. The van der Waals surface area contributed by atoms with Gasteiger partial charge in [0.25, 0.3) is 0 Å². The maximum atomic E-state index is 9.88. The minimum absolute atomic E-state index is 0.284. The second kappa shape index (κ2) is 7.22. The minimum Gasteiger partial charge on any atom is -0.150 e. The third-order valence-electron chi connectivity index (χ3n) is 1.50. The highest BCUT2D eigenvalue weighted by Gasteiger charge is 1.93. The maximum Gasteiger partial charge on any atom is 0.106 e. The molecule has 0 aliphatic heterocycles. The standard InChI is InChI=1S/C8H9NO.C3H6/c1-7-4-2-3-5-8(7)6-9-10;1-3-2/h2-5H,6H2,1H3;3H,1H2,2H3. The van der Waals surface area contributed by atoms with Gasteiger partial charge in [-0.2, -0.15) is 4.91 Å². The van der Waals surface area contributed by atoms with Crippen molar-refractivity contribution in [1.29, 1.82) is 0 Å². The third kappa shape index (κ3) is 4.90. The monoisotopic (exact) mass is 177 g/mol. The van der Waals surface area contributed by atoms with Gasteiger partial charge in [-0.3, -0.25) is 0 Å². The van der Waals surface area contributed by atoms with Crippen molar-refractivity contribution in [2.75, 3.05) is 0 Å². The fourth-order valence-electron chi connectivity index (χ4n) is 0.857. The molecule has 0 spiro atoms. The van der Waals surface area contributed by atoms with E-state index in [-0.39, 0.29) is 6.54 Å². The first-order chi connectivity index (χ1) is 6.26. The van der Waals surface area contributed by atoms with Gasteiger partial charge in [-0.1, -0.05) is 35.5 Å². The van der Waals surface area contributed by atoms with Gasteiger partial charge in [0.2, 0.25) is 0 Å². The Morgan fingerprint density at radius 2 is 2.00 bits per heavy atom. The van der Waals surface area contributed by atoms with Crippen molar-refractivity contribution in [1.82, 2.24) is 0 Å². The molecule has 2 nitrogen and oxygen atoms in total. The minimum atomic E-state index is 0.284. The van der Waals surface area contributed by atoms with Gasteiger partial charge in [0.15, 0.2) is 0 Å². The van der Waals surface area contributed by atoms with Gasteiger partial charge in [-0.25, -0.2) is 0 Å². The number of nitrogens with zero attached hydrogens (tertiary/aromatic N) is 1. The van der Waals surface area contributed by atoms with Gasteiger partial charge in [0.05, 0.1) is 0 Å². The summed E-state index contributed by atoms with van der Waals surface area (Å²) in [6, 6.07) is 7.74. The molecule has 1 rings (SSSR count). The second-order valence-corrected chi connectivity index (χ2v) is 2.62. The summed E-state index contributed by atoms with van der Waals surface area (Å²) in [6.45, 7) is 7.51. The molecule has 2 heteroatoms. The summed E-state index contributed by atoms with van der Waals surface area (Å²) < 4.78 is 0. The Bertz CT molecular complexity index is 269. The fourth-order valence-corrected chi connectivity index (χ4v) is 0.857. The van der Waals surface area contributed by atoms with Crippen molar-refractivity contribution in [2.45, 2.75) is 20.4 Å². The Labute approximate surface area is 79.3 Å². The van der Waals surface area contributed by atoms with Crippen LogP contribution in [0.3, 0.4) is 0 Å². The van der Waals surface area contributed by atoms with E-state index in [2.05, 4.69) is 11.8 Å². The van der Waals surface area contributed by atoms with Crippen LogP contribution in [0.4, 0.5) is 0 Å². The number of aryl methyl sites for hydroxylation is 1. The molecule has 0 radical (unpaired) electrons. The number of allylic oxidation sites excluding steroid dienone is 1. The predicted octanol–water partition coefficient (Wildman–Crippen LogP) is 3.45. The van der Waals surface area contributed by atoms with E-state index in [9.17, 15) is 4.91 Å². The SMILES string of the molecule is C=CC.Cc1ccccc1CN=O. The maximum absolute atomic E-state index is 9.88. The summed E-state index contributed by atoms with van der Waals surface area (Å²) in [6.07, 6.45) is 1.75. The van der Waals surface area contributed by atoms with Crippen LogP contribution in [0, 0.1) is 11.8 Å². The fraction of sp³-hybridized carbons (Fsp3) is 0.273. The number of hydrogen-bond donors (Lipinski definition) is 0. The van der Waals surface area contributed by atoms with Crippen LogP contribution in [0.2, 0.25) is 0 Å². The Morgan fingerprint density at radius 1 is 1.46 bits per heavy atom. The van der Waals surface area contributed by atoms with E-state index in [0.29, 0.717) is 0 Å². The highest BCUT2D eigenvalue weighted by Crippen LogP contribution is 2.07. The molecule has 0 aliphatic carbocycles. The molecule has 0 aromatic heterocycles. The van der Waals surface area contributed by atoms with Crippen LogP contribution in [-0.2, 0) is 6.54 Å². The van der Waals surface area contributed by atoms with Crippen molar-refractivity contribution in [2.24, 2.45) is 5.18 Å². The van der Waals surface area contributed by atoms with Gasteiger partial charge in [-0.05, 0) is 25.0 Å². The number of benzene rings is 1. The smallest absolute Gasteiger partial charge is 0.106 e. The van der Waals surface area contributed by atoms with E-state index >= 15 is 0 Å². The molecule has 0 saturated heterocycles. The number of hydrogen-bond acceptors (Lipinski definition) is 2. The molecule has 0 N–H and O–H groups in total. The zero-order valence-electron chi connectivity index (χ0n) is 8.16. The van der Waals surface area contributed by atoms with E-state index in [0.717, 1.165) is 11.1 Å². The molecule has 1 aromatic rings. The van der Waals surface area contributed by atoms with Crippen molar-refractivity contribution < 1.29 is 0 Å². The lowest BCUT2D eigenvalue weighted by Crippen LogP contribution is -1.83. The topological polar surface area (TPSA) is 29.4 Å². The molecule has 0 saturated carbocycles. The molecular weight excluding hydrogens is 162 g/mol. The number of nitroso groups, excluding NO2 is 1. The molecule has 13 heavy (non-hydrogen) atoms. The molecule has 1 aromatic carbocycles. The van der Waals surface area contributed by atoms with Crippen LogP contribution < -0.4 is 0 Å². The molecule has 0 unspecified atom stereocenters. The summed E-state index contributed by atoms with van der Waals surface area (Å²) in [7, 11) is 0. The summed E-state index contributed by atoms with van der Waals surface area (Å²) in [4.78, 5) is 9.88. The molecular formula is C11H15NO. The summed E-state index contributed by atoms with van der Waals surface area (Å²) in [5.74, 6) is 0. The first kappa shape index (κ1) is 11.6. The van der Waals surface area contributed by atoms with Gasteiger partial charge in [-0.15, -0.1) is 6.58 Å². The number of rotatable bonds is 2. The van der Waals surface area contributed by atoms with Gasteiger partial charge in [0, 0.05) is 0 Å². The highest BCUT2D eigenvalue weighted by atomic mass is 16.3. The Kier molecular flexibility index (Phi) is 6.42. The van der Waals surface area contributed by atoms with E-state index in [1.165, 1.54) is 0 Å². The second-order valence-electron chi connectivity index (χ2n) is 2.62. The van der Waals surface area contributed by atoms with Crippen molar-refractivity contribution in [3.63, 3.8) is 0 Å². The zero-order chi connectivity index (χ0) is 10.1. The Hall–Kier alpha value is -1.44. The lowest BCUT2D eigenvalue weighted by atomic mass is 10.1. The Balaban J connectivity index is 0.000000424. The van der Waals surface area contributed by atoms with Crippen LogP contribution in [0.5, 0.6) is 0 Å². The van der Waals surface area contributed by atoms with Gasteiger partial charge in [0.1, 0.15) is 6.54 Å². The largest absolute Gasteiger partial charge is 0.150 e. The molecule has 0 bridgehead atoms. The Morgan fingerprint density at radius 3 is 2.46 bits per heavy atom. The van der Waals surface area contributed by atoms with Crippen molar-refractivity contribution in [3.8, 4) is 0 Å². The first-order valence-corrected chi connectivity index (χ1v) is 4.17. The summed E-state index contributed by atoms with van der Waals surface area (Å²) in [5.41, 5.74) is 2.14. The molecule has 0 heterocycles. The highest BCUT2D eigenvalue weighted by molar-refractivity contribution is 5.25. The van der Waals surface area contributed by atoms with Gasteiger partial charge < -0.3 is 0 Å². The van der Waals surface area contributed by atoms with Crippen LogP contribution in [0.15, 0.2) is 42.1 Å². The molecule has 0 fully saturated rings. The summed E-state index contributed by atoms with van der Waals surface area (Å²) >= 11 is 0. The van der Waals surface area contributed by atoms with E-state index in [1.54, 1.807) is 6.08 Å². The zero-order valence-corrected chi connectivity index (χ0v) is 8.16. The molecule has 0 aliphatic rings. The average Bonchev–Trinajstić information content (AvgIpc) is 2.11. The van der Waals surface area contributed by atoms with Crippen molar-refractivity contribution >= 4 is 0 Å². The lowest BCUT2D eigenvalue weighted by Gasteiger charge is -1.97. The quantitative estimate of drug-likeness (QED) is 0.502. The van der Waals surface area contributed by atoms with Crippen LogP contribution >= 0.6 is 0 Å². The van der Waals surface area contributed by atoms with Crippen LogP contribution in [-0.4, -0.2) is 0 Å². The molecule has 70 valence electrons. The predicted molar refractivity (Wildman–Crippen MR) is 56.5 cm³/mol. The normalized spacial score (nSPS) is 8.15. The average molecular weight is 177 g/mol.